The van der Waals surface area contributed by atoms with Crippen molar-refractivity contribution in [3.63, 3.8) is 0 Å². The third-order valence-corrected chi connectivity index (χ3v) is 5.37. The standard InChI is InChI=1S/C20H13F3N2O3S/c21-14-5-2-11(17(22)18(14)23)9-28-13-4-6-15-10(7-13)1-3-12(24-15)8-16-19(26)25-20(27)29-16/h1-7,16H,8-9H2,(H,25,26,27). The minimum Gasteiger partial charge on any atom is -0.489 e. The zero-order valence-corrected chi connectivity index (χ0v) is 15.6. The molecule has 0 bridgehead atoms. The first-order valence-electron chi connectivity index (χ1n) is 8.57. The molecule has 4 rings (SSSR count). The van der Waals surface area contributed by atoms with Gasteiger partial charge in [-0.25, -0.2) is 13.2 Å². The van der Waals surface area contributed by atoms with Crippen molar-refractivity contribution < 1.29 is 27.5 Å². The molecule has 2 aromatic carbocycles. The average molecular weight is 418 g/mol. The van der Waals surface area contributed by atoms with Crippen LogP contribution in [0.1, 0.15) is 11.3 Å². The number of amides is 2. The van der Waals surface area contributed by atoms with Gasteiger partial charge in [-0.15, -0.1) is 0 Å². The maximum atomic E-state index is 13.7. The molecular weight excluding hydrogens is 405 g/mol. The Morgan fingerprint density at radius 1 is 1.03 bits per heavy atom. The summed E-state index contributed by atoms with van der Waals surface area (Å²) in [5.41, 5.74) is 1.22. The number of nitrogens with one attached hydrogen (secondary N) is 1. The molecule has 1 atom stereocenters. The molecule has 1 fully saturated rings. The molecule has 29 heavy (non-hydrogen) atoms. The summed E-state index contributed by atoms with van der Waals surface area (Å²) in [7, 11) is 0. The van der Waals surface area contributed by atoms with Crippen LogP contribution in [0.15, 0.2) is 42.5 Å². The van der Waals surface area contributed by atoms with Crippen LogP contribution < -0.4 is 10.1 Å². The van der Waals surface area contributed by atoms with Crippen LogP contribution in [-0.2, 0) is 17.8 Å². The van der Waals surface area contributed by atoms with E-state index in [2.05, 4.69) is 10.3 Å². The number of hydrogen-bond acceptors (Lipinski definition) is 5. The second-order valence-corrected chi connectivity index (χ2v) is 7.54. The number of ether oxygens (including phenoxy) is 1. The highest BCUT2D eigenvalue weighted by Crippen LogP contribution is 2.25. The first-order chi connectivity index (χ1) is 13.9. The largest absolute Gasteiger partial charge is 0.489 e. The van der Waals surface area contributed by atoms with Gasteiger partial charge in [0.25, 0.3) is 5.24 Å². The van der Waals surface area contributed by atoms with Gasteiger partial charge in [-0.3, -0.25) is 19.9 Å². The molecule has 1 aliphatic heterocycles. The molecule has 2 amide bonds. The van der Waals surface area contributed by atoms with Gasteiger partial charge >= 0.3 is 0 Å². The van der Waals surface area contributed by atoms with E-state index in [4.69, 9.17) is 4.74 Å². The molecular formula is C20H13F3N2O3S. The molecule has 9 heteroatoms. The molecule has 148 valence electrons. The molecule has 1 N–H and O–H groups in total. The number of imide groups is 1. The highest BCUT2D eigenvalue weighted by Gasteiger charge is 2.31. The molecule has 0 aliphatic carbocycles. The van der Waals surface area contributed by atoms with E-state index in [0.29, 0.717) is 23.4 Å². The third kappa shape index (κ3) is 4.04. The van der Waals surface area contributed by atoms with Crippen LogP contribution in [0.25, 0.3) is 10.9 Å². The summed E-state index contributed by atoms with van der Waals surface area (Å²) in [6.07, 6.45) is 0.325. The van der Waals surface area contributed by atoms with Crippen LogP contribution >= 0.6 is 11.8 Å². The van der Waals surface area contributed by atoms with Crippen molar-refractivity contribution in [3.8, 4) is 5.75 Å². The van der Waals surface area contributed by atoms with E-state index in [1.807, 2.05) is 0 Å². The minimum atomic E-state index is -1.53. The van der Waals surface area contributed by atoms with Crippen molar-refractivity contribution in [1.29, 1.82) is 0 Å². The zero-order chi connectivity index (χ0) is 20.5. The van der Waals surface area contributed by atoms with Gasteiger partial charge < -0.3 is 4.74 Å². The van der Waals surface area contributed by atoms with Crippen molar-refractivity contribution in [2.75, 3.05) is 0 Å². The quantitative estimate of drug-likeness (QED) is 0.632. The number of benzene rings is 2. The number of carbonyl (C=O) groups excluding carboxylic acids is 2. The lowest BCUT2D eigenvalue weighted by molar-refractivity contribution is -0.118. The van der Waals surface area contributed by atoms with Crippen LogP contribution in [0.3, 0.4) is 0 Å². The number of thioether (sulfide) groups is 1. The number of nitrogens with zero attached hydrogens (tertiary/aromatic N) is 1. The maximum Gasteiger partial charge on any atom is 0.286 e. The Morgan fingerprint density at radius 3 is 2.62 bits per heavy atom. The lowest BCUT2D eigenvalue weighted by Gasteiger charge is -2.10. The molecule has 0 spiro atoms. The fourth-order valence-corrected chi connectivity index (χ4v) is 3.74. The van der Waals surface area contributed by atoms with Crippen molar-refractivity contribution >= 4 is 33.8 Å². The summed E-state index contributed by atoms with van der Waals surface area (Å²) < 4.78 is 45.5. The maximum absolute atomic E-state index is 13.7. The van der Waals surface area contributed by atoms with Crippen molar-refractivity contribution in [3.05, 3.63) is 71.2 Å². The van der Waals surface area contributed by atoms with E-state index in [-0.39, 0.29) is 23.3 Å². The van der Waals surface area contributed by atoms with E-state index in [1.54, 1.807) is 30.3 Å². The van der Waals surface area contributed by atoms with E-state index in [0.717, 1.165) is 29.3 Å². The second kappa shape index (κ2) is 7.75. The predicted octanol–water partition coefficient (Wildman–Crippen LogP) is 4.13. The van der Waals surface area contributed by atoms with Gasteiger partial charge in [0.2, 0.25) is 5.91 Å². The van der Waals surface area contributed by atoms with E-state index < -0.39 is 22.7 Å². The molecule has 5 nitrogen and oxygen atoms in total. The fourth-order valence-electron chi connectivity index (χ4n) is 2.91. The lowest BCUT2D eigenvalue weighted by Crippen LogP contribution is -2.25. The average Bonchev–Trinajstić information content (AvgIpc) is 3.02. The van der Waals surface area contributed by atoms with E-state index in [9.17, 15) is 22.8 Å². The number of fused-ring (bicyclic) bond motifs is 1. The first-order valence-corrected chi connectivity index (χ1v) is 9.45. The Kier molecular flexibility index (Phi) is 5.14. The van der Waals surface area contributed by atoms with Gasteiger partial charge in [0.1, 0.15) is 12.4 Å². The molecule has 1 saturated heterocycles. The van der Waals surface area contributed by atoms with Crippen LogP contribution in [0.4, 0.5) is 18.0 Å². The summed E-state index contributed by atoms with van der Waals surface area (Å²) in [5.74, 6) is -3.97. The molecule has 3 aromatic rings. The number of hydrogen-bond donors (Lipinski definition) is 1. The van der Waals surface area contributed by atoms with Crippen LogP contribution in [-0.4, -0.2) is 21.4 Å². The lowest BCUT2D eigenvalue weighted by atomic mass is 10.1. The van der Waals surface area contributed by atoms with Crippen LogP contribution in [0.2, 0.25) is 0 Å². The minimum absolute atomic E-state index is 0.0978. The molecule has 0 saturated carbocycles. The molecule has 2 heterocycles. The van der Waals surface area contributed by atoms with E-state index >= 15 is 0 Å². The van der Waals surface area contributed by atoms with Crippen molar-refractivity contribution in [2.24, 2.45) is 0 Å². The molecule has 1 unspecified atom stereocenters. The predicted molar refractivity (Wildman–Crippen MR) is 101 cm³/mol. The molecule has 1 aromatic heterocycles. The van der Waals surface area contributed by atoms with Gasteiger partial charge in [0, 0.05) is 23.1 Å². The summed E-state index contributed by atoms with van der Waals surface area (Å²) >= 11 is 0.943. The monoisotopic (exact) mass is 418 g/mol. The Bertz CT molecular complexity index is 1140. The normalized spacial score (nSPS) is 16.3. The smallest absolute Gasteiger partial charge is 0.286 e. The summed E-state index contributed by atoms with van der Waals surface area (Å²) in [5, 5.41) is 2.13. The number of halogens is 3. The summed E-state index contributed by atoms with van der Waals surface area (Å²) in [6, 6.07) is 10.5. The SMILES string of the molecule is O=C1NC(=O)C(Cc2ccc3cc(OCc4ccc(F)c(F)c4F)ccc3n2)S1. The zero-order valence-electron chi connectivity index (χ0n) is 14.7. The van der Waals surface area contributed by atoms with Crippen molar-refractivity contribution in [2.45, 2.75) is 18.3 Å². The fraction of sp³-hybridized carbons (Fsp3) is 0.150. The van der Waals surface area contributed by atoms with Crippen LogP contribution in [0, 0.1) is 17.5 Å². The van der Waals surface area contributed by atoms with Gasteiger partial charge in [-0.05, 0) is 36.4 Å². The van der Waals surface area contributed by atoms with Crippen LogP contribution in [0.5, 0.6) is 5.75 Å². The Hall–Kier alpha value is -3.07. The van der Waals surface area contributed by atoms with E-state index in [1.165, 1.54) is 0 Å². The van der Waals surface area contributed by atoms with Gasteiger partial charge in [0.05, 0.1) is 10.8 Å². The molecule has 1 aliphatic rings. The summed E-state index contributed by atoms with van der Waals surface area (Å²) in [4.78, 5) is 27.4. The topological polar surface area (TPSA) is 68.3 Å². The number of carbonyl (C=O) groups is 2. The Balaban J connectivity index is 1.48. The Labute approximate surface area is 167 Å². The number of pyridine rings is 1. The second-order valence-electron chi connectivity index (χ2n) is 6.37. The number of rotatable bonds is 5. The highest BCUT2D eigenvalue weighted by molar-refractivity contribution is 8.15. The highest BCUT2D eigenvalue weighted by atomic mass is 32.2. The van der Waals surface area contributed by atoms with Crippen molar-refractivity contribution in [1.82, 2.24) is 10.3 Å². The summed E-state index contributed by atoms with van der Waals surface area (Å²) in [6.45, 7) is -0.262. The van der Waals surface area contributed by atoms with Gasteiger partial charge in [-0.1, -0.05) is 17.8 Å². The number of aromatic nitrogens is 1. The third-order valence-electron chi connectivity index (χ3n) is 4.39. The first kappa shape index (κ1) is 19.3. The molecule has 0 radical (unpaired) electrons. The van der Waals surface area contributed by atoms with Gasteiger partial charge in [0.15, 0.2) is 17.5 Å². The Morgan fingerprint density at radius 2 is 1.86 bits per heavy atom. The van der Waals surface area contributed by atoms with Gasteiger partial charge in [-0.2, -0.15) is 0 Å².